The second kappa shape index (κ2) is 6.37. The third kappa shape index (κ3) is 3.84. The van der Waals surface area contributed by atoms with Gasteiger partial charge in [0.1, 0.15) is 0 Å². The number of anilines is 1. The summed E-state index contributed by atoms with van der Waals surface area (Å²) in [5, 5.41) is 6.77. The molecule has 90 valence electrons. The Bertz CT molecular complexity index is 439. The number of rotatable bonds is 6. The summed E-state index contributed by atoms with van der Waals surface area (Å²) in [6.45, 7) is 4.84. The van der Waals surface area contributed by atoms with E-state index in [1.54, 1.807) is 11.3 Å². The zero-order valence-electron chi connectivity index (χ0n) is 9.94. The second-order valence-corrected chi connectivity index (χ2v) is 4.77. The molecule has 2 rings (SSSR count). The summed E-state index contributed by atoms with van der Waals surface area (Å²) in [5.41, 5.74) is 4.20. The average Bonchev–Trinajstić information content (AvgIpc) is 2.76. The van der Waals surface area contributed by atoms with Gasteiger partial charge in [0.25, 0.3) is 0 Å². The minimum absolute atomic E-state index is 0.910. The van der Waals surface area contributed by atoms with Gasteiger partial charge in [0.2, 0.25) is 0 Å². The monoisotopic (exact) mass is 247 g/mol. The van der Waals surface area contributed by atoms with Crippen molar-refractivity contribution in [3.63, 3.8) is 0 Å². The van der Waals surface area contributed by atoms with Gasteiger partial charge in [-0.2, -0.15) is 0 Å². The summed E-state index contributed by atoms with van der Waals surface area (Å²) in [6.07, 6.45) is 0. The molecule has 0 amide bonds. The van der Waals surface area contributed by atoms with E-state index in [9.17, 15) is 0 Å². The number of hydrogen-bond donors (Lipinski definition) is 2. The number of para-hydroxylation sites is 1. The molecule has 2 N–H and O–H groups in total. The number of hydrogen-bond acceptors (Lipinski definition) is 4. The highest BCUT2D eigenvalue weighted by Crippen LogP contribution is 2.10. The van der Waals surface area contributed by atoms with Gasteiger partial charge in [-0.15, -0.1) is 11.3 Å². The van der Waals surface area contributed by atoms with E-state index < -0.39 is 0 Å². The summed E-state index contributed by atoms with van der Waals surface area (Å²) >= 11 is 1.71. The Hall–Kier alpha value is -1.39. The number of thiazole rings is 1. The van der Waals surface area contributed by atoms with Crippen LogP contribution >= 0.6 is 11.3 Å². The molecule has 0 aliphatic carbocycles. The molecule has 1 aromatic carbocycles. The molecule has 3 nitrogen and oxygen atoms in total. The topological polar surface area (TPSA) is 37.0 Å². The molecule has 0 unspecified atom stereocenters. The van der Waals surface area contributed by atoms with Crippen LogP contribution in [0.15, 0.2) is 35.8 Å². The number of aryl methyl sites for hydroxylation is 1. The van der Waals surface area contributed by atoms with E-state index >= 15 is 0 Å². The quantitative estimate of drug-likeness (QED) is 0.771. The van der Waals surface area contributed by atoms with Crippen LogP contribution in [0.4, 0.5) is 5.69 Å². The Kier molecular flexibility index (Phi) is 4.53. The van der Waals surface area contributed by atoms with Crippen molar-refractivity contribution in [2.45, 2.75) is 13.5 Å². The lowest BCUT2D eigenvalue weighted by Gasteiger charge is -2.07. The second-order valence-electron chi connectivity index (χ2n) is 3.83. The predicted octanol–water partition coefficient (Wildman–Crippen LogP) is 2.65. The van der Waals surface area contributed by atoms with Gasteiger partial charge in [0.15, 0.2) is 0 Å². The van der Waals surface area contributed by atoms with Crippen LogP contribution in [0.5, 0.6) is 0 Å². The highest BCUT2D eigenvalue weighted by molar-refractivity contribution is 7.09. The van der Waals surface area contributed by atoms with Crippen molar-refractivity contribution in [2.75, 3.05) is 18.4 Å². The lowest BCUT2D eigenvalue weighted by Crippen LogP contribution is -2.21. The van der Waals surface area contributed by atoms with Crippen LogP contribution in [0.25, 0.3) is 0 Å². The van der Waals surface area contributed by atoms with E-state index in [0.717, 1.165) is 25.3 Å². The summed E-state index contributed by atoms with van der Waals surface area (Å²) in [6, 6.07) is 10.3. The summed E-state index contributed by atoms with van der Waals surface area (Å²) in [7, 11) is 0. The van der Waals surface area contributed by atoms with Gasteiger partial charge in [-0.1, -0.05) is 18.2 Å². The van der Waals surface area contributed by atoms with Gasteiger partial charge < -0.3 is 10.6 Å². The molecule has 0 bridgehead atoms. The Morgan fingerprint density at radius 1 is 1.18 bits per heavy atom. The van der Waals surface area contributed by atoms with Gasteiger partial charge in [-0.25, -0.2) is 4.98 Å². The van der Waals surface area contributed by atoms with E-state index in [1.165, 1.54) is 10.6 Å². The highest BCUT2D eigenvalue weighted by Gasteiger charge is 1.99. The first-order valence-corrected chi connectivity index (χ1v) is 6.63. The van der Waals surface area contributed by atoms with Crippen molar-refractivity contribution in [3.05, 3.63) is 46.4 Å². The van der Waals surface area contributed by atoms with Gasteiger partial charge in [-0.05, 0) is 19.1 Å². The van der Waals surface area contributed by atoms with E-state index in [-0.39, 0.29) is 0 Å². The lowest BCUT2D eigenvalue weighted by molar-refractivity contribution is 0.710. The van der Waals surface area contributed by atoms with Crippen molar-refractivity contribution in [2.24, 2.45) is 0 Å². The number of benzene rings is 1. The van der Waals surface area contributed by atoms with Gasteiger partial charge in [0, 0.05) is 30.2 Å². The number of aromatic nitrogens is 1. The SMILES string of the molecule is Cc1ncsc1CNCCNc1ccccc1. The molecule has 0 radical (unpaired) electrons. The minimum Gasteiger partial charge on any atom is -0.384 e. The largest absolute Gasteiger partial charge is 0.384 e. The predicted molar refractivity (Wildman–Crippen MR) is 73.5 cm³/mol. The fraction of sp³-hybridized carbons (Fsp3) is 0.308. The first-order chi connectivity index (χ1) is 8.36. The maximum absolute atomic E-state index is 4.23. The summed E-state index contributed by atoms with van der Waals surface area (Å²) in [4.78, 5) is 5.55. The fourth-order valence-corrected chi connectivity index (χ4v) is 2.30. The summed E-state index contributed by atoms with van der Waals surface area (Å²) in [5.74, 6) is 0. The van der Waals surface area contributed by atoms with Gasteiger partial charge in [0.05, 0.1) is 11.2 Å². The zero-order valence-corrected chi connectivity index (χ0v) is 10.8. The number of nitrogens with zero attached hydrogens (tertiary/aromatic N) is 1. The normalized spacial score (nSPS) is 10.4. The molecule has 0 spiro atoms. The minimum atomic E-state index is 0.910. The highest BCUT2D eigenvalue weighted by atomic mass is 32.1. The molecular formula is C13H17N3S. The molecule has 4 heteroatoms. The lowest BCUT2D eigenvalue weighted by atomic mass is 10.3. The van der Waals surface area contributed by atoms with Crippen molar-refractivity contribution in [1.29, 1.82) is 0 Å². The van der Waals surface area contributed by atoms with E-state index in [4.69, 9.17) is 0 Å². The van der Waals surface area contributed by atoms with Crippen LogP contribution in [0.3, 0.4) is 0 Å². The molecule has 0 aliphatic rings. The van der Waals surface area contributed by atoms with Crippen molar-refractivity contribution < 1.29 is 0 Å². The van der Waals surface area contributed by atoms with E-state index in [2.05, 4.69) is 34.7 Å². The van der Waals surface area contributed by atoms with Crippen LogP contribution < -0.4 is 10.6 Å². The third-order valence-electron chi connectivity index (χ3n) is 2.54. The molecule has 0 fully saturated rings. The maximum atomic E-state index is 4.23. The third-order valence-corrected chi connectivity index (χ3v) is 3.47. The molecule has 1 heterocycles. The van der Waals surface area contributed by atoms with Gasteiger partial charge >= 0.3 is 0 Å². The van der Waals surface area contributed by atoms with Crippen molar-refractivity contribution >= 4 is 17.0 Å². The first-order valence-electron chi connectivity index (χ1n) is 5.75. The van der Waals surface area contributed by atoms with Crippen molar-refractivity contribution in [1.82, 2.24) is 10.3 Å². The van der Waals surface area contributed by atoms with Crippen LogP contribution in [0.1, 0.15) is 10.6 Å². The standard InChI is InChI=1S/C13H17N3S/c1-11-13(17-10-16-11)9-14-7-8-15-12-5-3-2-4-6-12/h2-6,10,14-15H,7-9H2,1H3. The Balaban J connectivity index is 1.63. The molecule has 0 atom stereocenters. The molecule has 1 aromatic heterocycles. The Morgan fingerprint density at radius 2 is 2.00 bits per heavy atom. The zero-order chi connectivity index (χ0) is 11.9. The van der Waals surface area contributed by atoms with Gasteiger partial charge in [-0.3, -0.25) is 0 Å². The van der Waals surface area contributed by atoms with Crippen LogP contribution in [-0.4, -0.2) is 18.1 Å². The Morgan fingerprint density at radius 3 is 2.71 bits per heavy atom. The van der Waals surface area contributed by atoms with Crippen molar-refractivity contribution in [3.8, 4) is 0 Å². The maximum Gasteiger partial charge on any atom is 0.0798 e. The van der Waals surface area contributed by atoms with E-state index in [1.807, 2.05) is 23.7 Å². The van der Waals surface area contributed by atoms with E-state index in [0.29, 0.717) is 0 Å². The van der Waals surface area contributed by atoms with Crippen LogP contribution in [-0.2, 0) is 6.54 Å². The molecule has 0 saturated carbocycles. The average molecular weight is 247 g/mol. The molecule has 0 aliphatic heterocycles. The van der Waals surface area contributed by atoms with Crippen LogP contribution in [0.2, 0.25) is 0 Å². The smallest absolute Gasteiger partial charge is 0.0798 e. The molecule has 0 saturated heterocycles. The number of nitrogens with one attached hydrogen (secondary N) is 2. The fourth-order valence-electron chi connectivity index (χ4n) is 1.55. The first kappa shape index (κ1) is 12.1. The van der Waals surface area contributed by atoms with Crippen LogP contribution in [0, 0.1) is 6.92 Å². The Labute approximate surface area is 106 Å². The molecule has 2 aromatic rings. The summed E-state index contributed by atoms with van der Waals surface area (Å²) < 4.78 is 0. The molecular weight excluding hydrogens is 230 g/mol. The molecule has 17 heavy (non-hydrogen) atoms.